The molecule has 8 heteroatoms. The van der Waals surface area contributed by atoms with Gasteiger partial charge in [0.2, 0.25) is 0 Å². The van der Waals surface area contributed by atoms with Crippen LogP contribution in [0.1, 0.15) is 36.9 Å². The monoisotopic (exact) mass is 471 g/mol. The van der Waals surface area contributed by atoms with Crippen LogP contribution in [-0.4, -0.2) is 32.8 Å². The number of alkyl halides is 3. The van der Waals surface area contributed by atoms with Crippen molar-refractivity contribution in [3.63, 3.8) is 0 Å². The maximum atomic E-state index is 12.8. The molecule has 0 radical (unpaired) electrons. The van der Waals surface area contributed by atoms with Gasteiger partial charge in [0.25, 0.3) is 0 Å². The van der Waals surface area contributed by atoms with Crippen LogP contribution in [0.4, 0.5) is 13.2 Å². The van der Waals surface area contributed by atoms with Gasteiger partial charge in [0, 0.05) is 20.2 Å². The molecule has 0 heterocycles. The molecule has 0 aliphatic heterocycles. The number of benzene rings is 1. The normalized spacial score (nSPS) is 16.1. The van der Waals surface area contributed by atoms with E-state index >= 15 is 0 Å². The van der Waals surface area contributed by atoms with Crippen LogP contribution in [0.25, 0.3) is 0 Å². The Balaban J connectivity index is 0.00000312. The van der Waals surface area contributed by atoms with Crippen LogP contribution in [0.2, 0.25) is 0 Å². The lowest BCUT2D eigenvalue weighted by atomic mass is 10.1. The predicted octanol–water partition coefficient (Wildman–Crippen LogP) is 3.98. The molecule has 25 heavy (non-hydrogen) atoms. The number of halogens is 4. The minimum atomic E-state index is -4.34. The fourth-order valence-electron chi connectivity index (χ4n) is 2.24. The maximum absolute atomic E-state index is 12.8. The standard InChI is InChI=1S/C17H24F3N3O.HI/c1-12(14-4-3-5-15(10-14)17(18,19)20)23-16(21-2)22-8-9-24-11-13-6-7-13;/h3-5,10,12-13H,6-9,11H2,1-2H3,(H2,21,22,23);1H. The second-order valence-corrected chi connectivity index (χ2v) is 6.01. The van der Waals surface area contributed by atoms with Gasteiger partial charge >= 0.3 is 6.18 Å². The van der Waals surface area contributed by atoms with Crippen LogP contribution in [0, 0.1) is 5.92 Å². The zero-order chi connectivity index (χ0) is 17.6. The van der Waals surface area contributed by atoms with Crippen LogP contribution in [0.3, 0.4) is 0 Å². The van der Waals surface area contributed by atoms with Crippen LogP contribution in [0.5, 0.6) is 0 Å². The first-order valence-corrected chi connectivity index (χ1v) is 8.12. The molecule has 1 aromatic carbocycles. The third-order valence-corrected chi connectivity index (χ3v) is 3.88. The minimum Gasteiger partial charge on any atom is -0.379 e. The highest BCUT2D eigenvalue weighted by Crippen LogP contribution is 2.30. The fraction of sp³-hybridized carbons (Fsp3) is 0.588. The third kappa shape index (κ3) is 7.81. The van der Waals surface area contributed by atoms with Gasteiger partial charge in [0.05, 0.1) is 18.2 Å². The summed E-state index contributed by atoms with van der Waals surface area (Å²) in [6.07, 6.45) is -1.83. The molecule has 1 aliphatic carbocycles. The highest BCUT2D eigenvalue weighted by atomic mass is 127. The second-order valence-electron chi connectivity index (χ2n) is 6.01. The second kappa shape index (κ2) is 10.2. The number of hydrogen-bond acceptors (Lipinski definition) is 2. The molecule has 142 valence electrons. The average Bonchev–Trinajstić information content (AvgIpc) is 3.37. The van der Waals surface area contributed by atoms with E-state index in [1.807, 2.05) is 0 Å². The van der Waals surface area contributed by atoms with E-state index in [1.54, 1.807) is 20.0 Å². The molecule has 2 N–H and O–H groups in total. The summed E-state index contributed by atoms with van der Waals surface area (Å²) >= 11 is 0. The summed E-state index contributed by atoms with van der Waals surface area (Å²) in [7, 11) is 1.62. The molecule has 4 nitrogen and oxygen atoms in total. The van der Waals surface area contributed by atoms with Gasteiger partial charge in [0.15, 0.2) is 5.96 Å². The van der Waals surface area contributed by atoms with Crippen molar-refractivity contribution in [3.8, 4) is 0 Å². The van der Waals surface area contributed by atoms with Crippen molar-refractivity contribution < 1.29 is 17.9 Å². The lowest BCUT2D eigenvalue weighted by Gasteiger charge is -2.19. The van der Waals surface area contributed by atoms with Gasteiger partial charge in [-0.1, -0.05) is 12.1 Å². The Morgan fingerprint density at radius 1 is 1.36 bits per heavy atom. The van der Waals surface area contributed by atoms with E-state index in [0.717, 1.165) is 24.7 Å². The number of nitrogens with zero attached hydrogens (tertiary/aromatic N) is 1. The van der Waals surface area contributed by atoms with Crippen molar-refractivity contribution in [3.05, 3.63) is 35.4 Å². The van der Waals surface area contributed by atoms with Crippen molar-refractivity contribution in [2.45, 2.75) is 32.0 Å². The highest BCUT2D eigenvalue weighted by Gasteiger charge is 2.30. The van der Waals surface area contributed by atoms with Crippen molar-refractivity contribution in [2.75, 3.05) is 26.8 Å². The lowest BCUT2D eigenvalue weighted by molar-refractivity contribution is -0.137. The van der Waals surface area contributed by atoms with Gasteiger partial charge in [0.1, 0.15) is 0 Å². The fourth-order valence-corrected chi connectivity index (χ4v) is 2.24. The molecule has 1 aromatic rings. The molecule has 1 fully saturated rings. The molecule has 0 saturated heterocycles. The van der Waals surface area contributed by atoms with E-state index in [4.69, 9.17) is 4.74 Å². The summed E-state index contributed by atoms with van der Waals surface area (Å²) in [6, 6.07) is 5.01. The first-order chi connectivity index (χ1) is 11.4. The Kier molecular flexibility index (Phi) is 8.98. The van der Waals surface area contributed by atoms with E-state index in [2.05, 4.69) is 15.6 Å². The molecule has 1 saturated carbocycles. The van der Waals surface area contributed by atoms with E-state index in [-0.39, 0.29) is 30.0 Å². The predicted molar refractivity (Wildman–Crippen MR) is 103 cm³/mol. The Morgan fingerprint density at radius 3 is 2.68 bits per heavy atom. The molecule has 0 aromatic heterocycles. The molecule has 1 unspecified atom stereocenters. The third-order valence-electron chi connectivity index (χ3n) is 3.88. The van der Waals surface area contributed by atoms with Crippen LogP contribution in [-0.2, 0) is 10.9 Å². The average molecular weight is 471 g/mol. The number of aliphatic imine (C=N–C) groups is 1. The van der Waals surface area contributed by atoms with Gasteiger partial charge in [-0.05, 0) is 43.4 Å². The van der Waals surface area contributed by atoms with E-state index in [0.29, 0.717) is 24.7 Å². The topological polar surface area (TPSA) is 45.7 Å². The van der Waals surface area contributed by atoms with Gasteiger partial charge in [-0.3, -0.25) is 4.99 Å². The van der Waals surface area contributed by atoms with Crippen LogP contribution < -0.4 is 10.6 Å². The number of hydrogen-bond donors (Lipinski definition) is 2. The van der Waals surface area contributed by atoms with E-state index in [1.165, 1.54) is 18.9 Å². The summed E-state index contributed by atoms with van der Waals surface area (Å²) in [5.41, 5.74) is -0.0946. The number of rotatable bonds is 7. The Bertz CT molecular complexity index is 562. The molecule has 1 aliphatic rings. The van der Waals surface area contributed by atoms with Gasteiger partial charge in [-0.2, -0.15) is 13.2 Å². The molecular formula is C17H25F3IN3O. The minimum absolute atomic E-state index is 0. The van der Waals surface area contributed by atoms with Crippen molar-refractivity contribution in [2.24, 2.45) is 10.9 Å². The van der Waals surface area contributed by atoms with Gasteiger partial charge in [-0.15, -0.1) is 24.0 Å². The molecule has 0 amide bonds. The van der Waals surface area contributed by atoms with E-state index < -0.39 is 11.7 Å². The van der Waals surface area contributed by atoms with Gasteiger partial charge in [-0.25, -0.2) is 0 Å². The zero-order valence-electron chi connectivity index (χ0n) is 14.4. The van der Waals surface area contributed by atoms with Crippen LogP contribution in [0.15, 0.2) is 29.3 Å². The number of guanidine groups is 1. The van der Waals surface area contributed by atoms with Gasteiger partial charge < -0.3 is 15.4 Å². The first kappa shape index (κ1) is 22.0. The summed E-state index contributed by atoms with van der Waals surface area (Å²) in [6.45, 7) is 3.77. The summed E-state index contributed by atoms with van der Waals surface area (Å²) in [5.74, 6) is 1.26. The Hall–Kier alpha value is -1.03. The van der Waals surface area contributed by atoms with Crippen molar-refractivity contribution in [1.29, 1.82) is 0 Å². The molecule has 1 atom stereocenters. The summed E-state index contributed by atoms with van der Waals surface area (Å²) in [5, 5.41) is 6.19. The summed E-state index contributed by atoms with van der Waals surface area (Å²) < 4.78 is 43.9. The van der Waals surface area contributed by atoms with Crippen LogP contribution >= 0.6 is 24.0 Å². The molecule has 0 spiro atoms. The quantitative estimate of drug-likeness (QED) is 0.274. The van der Waals surface area contributed by atoms with Crippen molar-refractivity contribution >= 4 is 29.9 Å². The van der Waals surface area contributed by atoms with Crippen molar-refractivity contribution in [1.82, 2.24) is 10.6 Å². The smallest absolute Gasteiger partial charge is 0.379 e. The molecular weight excluding hydrogens is 446 g/mol. The molecule has 2 rings (SSSR count). The van der Waals surface area contributed by atoms with E-state index in [9.17, 15) is 13.2 Å². The SMILES string of the molecule is CN=C(NCCOCC1CC1)NC(C)c1cccc(C(F)(F)F)c1.I. The Morgan fingerprint density at radius 2 is 2.08 bits per heavy atom. The largest absolute Gasteiger partial charge is 0.416 e. The Labute approximate surface area is 163 Å². The number of nitrogens with one attached hydrogen (secondary N) is 2. The number of ether oxygens (including phenoxy) is 1. The summed E-state index contributed by atoms with van der Waals surface area (Å²) in [4.78, 5) is 4.09. The first-order valence-electron chi connectivity index (χ1n) is 8.12. The zero-order valence-corrected chi connectivity index (χ0v) is 16.7. The lowest BCUT2D eigenvalue weighted by Crippen LogP contribution is -2.40. The maximum Gasteiger partial charge on any atom is 0.416 e. The highest BCUT2D eigenvalue weighted by molar-refractivity contribution is 14.0. The molecule has 0 bridgehead atoms.